The molecule has 18 heavy (non-hydrogen) atoms. The third kappa shape index (κ3) is 5.48. The number of ether oxygens (including phenoxy) is 1. The normalized spacial score (nSPS) is 12.8. The van der Waals surface area contributed by atoms with Crippen molar-refractivity contribution in [2.24, 2.45) is 0 Å². The first-order chi connectivity index (χ1) is 8.42. The Labute approximate surface area is 111 Å². The van der Waals surface area contributed by atoms with Crippen LogP contribution < -0.4 is 5.32 Å². The molecule has 0 spiro atoms. The van der Waals surface area contributed by atoms with Gasteiger partial charge in [-0.2, -0.15) is 0 Å². The monoisotopic (exact) mass is 247 g/mol. The summed E-state index contributed by atoms with van der Waals surface area (Å²) in [5.41, 5.74) is 3.96. The van der Waals surface area contributed by atoms with Crippen molar-refractivity contribution in [3.8, 4) is 0 Å². The lowest BCUT2D eigenvalue weighted by Crippen LogP contribution is -2.36. The predicted molar refractivity (Wildman–Crippen MR) is 78.6 cm³/mol. The van der Waals surface area contributed by atoms with Gasteiger partial charge in [-0.1, -0.05) is 35.9 Å². The van der Waals surface area contributed by atoms with Gasteiger partial charge in [-0.3, -0.25) is 0 Å². The maximum Gasteiger partial charge on any atom is 0.0718 e. The first-order valence-corrected chi connectivity index (χ1v) is 6.41. The van der Waals surface area contributed by atoms with Gasteiger partial charge in [0.25, 0.3) is 0 Å². The van der Waals surface area contributed by atoms with Crippen molar-refractivity contribution in [1.29, 1.82) is 0 Å². The maximum absolute atomic E-state index is 5.22. The van der Waals surface area contributed by atoms with Crippen molar-refractivity contribution in [1.82, 2.24) is 5.32 Å². The summed E-state index contributed by atoms with van der Waals surface area (Å²) in [5, 5.41) is 3.49. The fraction of sp³-hybridized carbons (Fsp3) is 0.500. The largest absolute Gasteiger partial charge is 0.380 e. The predicted octanol–water partition coefficient (Wildman–Crippen LogP) is 3.62. The van der Waals surface area contributed by atoms with Crippen LogP contribution >= 0.6 is 0 Å². The molecule has 0 aliphatic rings. The molecule has 1 rings (SSSR count). The lowest BCUT2D eigenvalue weighted by atomic mass is 10.0. The topological polar surface area (TPSA) is 21.3 Å². The number of hydrogen-bond acceptors (Lipinski definition) is 2. The number of nitrogens with one attached hydrogen (secondary N) is 1. The lowest BCUT2D eigenvalue weighted by molar-refractivity contribution is 0.184. The molecule has 1 aromatic carbocycles. The third-order valence-corrected chi connectivity index (χ3v) is 2.65. The average Bonchev–Trinajstić information content (AvgIpc) is 2.29. The van der Waals surface area contributed by atoms with Crippen molar-refractivity contribution in [2.75, 3.05) is 13.7 Å². The smallest absolute Gasteiger partial charge is 0.0718 e. The van der Waals surface area contributed by atoms with E-state index in [1.165, 1.54) is 16.7 Å². The minimum atomic E-state index is 0.154. The lowest BCUT2D eigenvalue weighted by Gasteiger charge is -2.20. The Hall–Kier alpha value is -1.12. The molecule has 0 aliphatic heterocycles. The highest BCUT2D eigenvalue weighted by molar-refractivity contribution is 5.56. The fourth-order valence-electron chi connectivity index (χ4n) is 1.68. The first-order valence-electron chi connectivity index (χ1n) is 6.41. The van der Waals surface area contributed by atoms with E-state index in [4.69, 9.17) is 4.74 Å². The van der Waals surface area contributed by atoms with Gasteiger partial charge in [0.2, 0.25) is 0 Å². The van der Waals surface area contributed by atoms with Crippen molar-refractivity contribution in [3.63, 3.8) is 0 Å². The summed E-state index contributed by atoms with van der Waals surface area (Å²) < 4.78 is 5.22. The fourth-order valence-corrected chi connectivity index (χ4v) is 1.68. The van der Waals surface area contributed by atoms with E-state index in [0.29, 0.717) is 6.61 Å². The van der Waals surface area contributed by atoms with Gasteiger partial charge in [0, 0.05) is 19.2 Å². The van der Waals surface area contributed by atoms with Crippen LogP contribution in [-0.4, -0.2) is 19.2 Å². The molecular formula is C16H25NO. The van der Waals surface area contributed by atoms with E-state index in [1.54, 1.807) is 7.11 Å². The van der Waals surface area contributed by atoms with E-state index >= 15 is 0 Å². The number of methoxy groups -OCH3 is 1. The molecule has 0 heterocycles. The molecule has 1 N–H and O–H groups in total. The van der Waals surface area contributed by atoms with E-state index < -0.39 is 0 Å². The molecule has 2 nitrogen and oxygen atoms in total. The van der Waals surface area contributed by atoms with Crippen LogP contribution in [0.2, 0.25) is 0 Å². The Balaban J connectivity index is 2.75. The Bertz CT molecular complexity index is 402. The highest BCUT2D eigenvalue weighted by Gasteiger charge is 2.08. The Kier molecular flexibility index (Phi) is 5.57. The second kappa shape index (κ2) is 6.72. The average molecular weight is 247 g/mol. The van der Waals surface area contributed by atoms with Crippen LogP contribution in [0.15, 0.2) is 29.8 Å². The van der Waals surface area contributed by atoms with Crippen LogP contribution in [0.25, 0.3) is 6.08 Å². The van der Waals surface area contributed by atoms with E-state index in [2.05, 4.69) is 63.4 Å². The van der Waals surface area contributed by atoms with Gasteiger partial charge in [0.05, 0.1) is 6.61 Å². The standard InChI is InChI=1S/C16H25NO/c1-13(11-17-16(2,3)4)10-14-8-6-7-9-15(14)12-18-5/h6-10,17H,11-12H2,1-5H3. The van der Waals surface area contributed by atoms with Crippen molar-refractivity contribution in [3.05, 3.63) is 41.0 Å². The Morgan fingerprint density at radius 1 is 1.28 bits per heavy atom. The van der Waals surface area contributed by atoms with Gasteiger partial charge in [0.1, 0.15) is 0 Å². The third-order valence-electron chi connectivity index (χ3n) is 2.65. The summed E-state index contributed by atoms with van der Waals surface area (Å²) >= 11 is 0. The second-order valence-corrected chi connectivity index (χ2v) is 5.73. The molecule has 2 heteroatoms. The van der Waals surface area contributed by atoms with Gasteiger partial charge in [-0.05, 0) is 38.8 Å². The molecule has 1 aromatic rings. The molecule has 0 atom stereocenters. The Morgan fingerprint density at radius 3 is 2.56 bits per heavy atom. The van der Waals surface area contributed by atoms with Gasteiger partial charge in [-0.15, -0.1) is 0 Å². The van der Waals surface area contributed by atoms with Crippen LogP contribution in [0, 0.1) is 0 Å². The SMILES string of the molecule is COCc1ccccc1C=C(C)CNC(C)(C)C. The molecule has 0 bridgehead atoms. The molecule has 0 amide bonds. The number of rotatable bonds is 5. The van der Waals surface area contributed by atoms with Gasteiger partial charge in [-0.25, -0.2) is 0 Å². The molecule has 0 saturated carbocycles. The highest BCUT2D eigenvalue weighted by atomic mass is 16.5. The van der Waals surface area contributed by atoms with Gasteiger partial charge < -0.3 is 10.1 Å². The molecule has 0 saturated heterocycles. The van der Waals surface area contributed by atoms with E-state index in [0.717, 1.165) is 6.54 Å². The molecule has 0 aliphatic carbocycles. The van der Waals surface area contributed by atoms with Crippen molar-refractivity contribution in [2.45, 2.75) is 39.8 Å². The van der Waals surface area contributed by atoms with Crippen LogP contribution in [0.3, 0.4) is 0 Å². The quantitative estimate of drug-likeness (QED) is 0.858. The summed E-state index contributed by atoms with van der Waals surface area (Å²) in [4.78, 5) is 0. The van der Waals surface area contributed by atoms with Crippen LogP contribution in [-0.2, 0) is 11.3 Å². The number of hydrogen-bond donors (Lipinski definition) is 1. The van der Waals surface area contributed by atoms with Gasteiger partial charge in [0.15, 0.2) is 0 Å². The highest BCUT2D eigenvalue weighted by Crippen LogP contribution is 2.14. The summed E-state index contributed by atoms with van der Waals surface area (Å²) in [6, 6.07) is 8.36. The summed E-state index contributed by atoms with van der Waals surface area (Å²) in [6.07, 6.45) is 2.23. The minimum Gasteiger partial charge on any atom is -0.380 e. The van der Waals surface area contributed by atoms with E-state index in [-0.39, 0.29) is 5.54 Å². The minimum absolute atomic E-state index is 0.154. The molecule has 0 radical (unpaired) electrons. The van der Waals surface area contributed by atoms with Crippen molar-refractivity contribution >= 4 is 6.08 Å². The van der Waals surface area contributed by atoms with E-state index in [9.17, 15) is 0 Å². The van der Waals surface area contributed by atoms with Crippen LogP contribution in [0.4, 0.5) is 0 Å². The molecule has 0 unspecified atom stereocenters. The zero-order valence-electron chi connectivity index (χ0n) is 12.2. The molecule has 0 aromatic heterocycles. The Morgan fingerprint density at radius 2 is 1.94 bits per heavy atom. The second-order valence-electron chi connectivity index (χ2n) is 5.73. The summed E-state index contributed by atoms with van der Waals surface area (Å²) in [5.74, 6) is 0. The van der Waals surface area contributed by atoms with Gasteiger partial charge >= 0.3 is 0 Å². The summed E-state index contributed by atoms with van der Waals surface area (Å²) in [7, 11) is 1.73. The first kappa shape index (κ1) is 14.9. The van der Waals surface area contributed by atoms with Crippen LogP contribution in [0.1, 0.15) is 38.8 Å². The molecule has 0 fully saturated rings. The number of benzene rings is 1. The van der Waals surface area contributed by atoms with Crippen LogP contribution in [0.5, 0.6) is 0 Å². The van der Waals surface area contributed by atoms with E-state index in [1.807, 2.05) is 0 Å². The zero-order chi connectivity index (χ0) is 13.6. The summed E-state index contributed by atoms with van der Waals surface area (Å²) in [6.45, 7) is 10.3. The molecule has 100 valence electrons. The maximum atomic E-state index is 5.22. The zero-order valence-corrected chi connectivity index (χ0v) is 12.2. The van der Waals surface area contributed by atoms with Crippen molar-refractivity contribution < 1.29 is 4.74 Å². The molecular weight excluding hydrogens is 222 g/mol.